The van der Waals surface area contributed by atoms with Gasteiger partial charge < -0.3 is 15.0 Å². The molecular weight excluding hydrogens is 269 g/mol. The number of guanidine groups is 1. The molecule has 0 saturated carbocycles. The maximum atomic E-state index is 12.9. The zero-order valence-electron chi connectivity index (χ0n) is 13.2. The zero-order chi connectivity index (χ0) is 15.5. The minimum absolute atomic E-state index is 0.210. The van der Waals surface area contributed by atoms with E-state index in [4.69, 9.17) is 4.74 Å². The molecule has 0 fully saturated rings. The molecule has 1 rings (SSSR count). The average molecular weight is 295 g/mol. The number of halogens is 1. The molecule has 0 aromatic heterocycles. The monoisotopic (exact) mass is 295 g/mol. The number of benzene rings is 1. The van der Waals surface area contributed by atoms with Crippen LogP contribution in [0.3, 0.4) is 0 Å². The Labute approximate surface area is 127 Å². The van der Waals surface area contributed by atoms with Crippen LogP contribution < -0.4 is 5.32 Å². The maximum absolute atomic E-state index is 12.9. The van der Waals surface area contributed by atoms with Crippen molar-refractivity contribution in [3.63, 3.8) is 0 Å². The Kier molecular flexibility index (Phi) is 8.43. The predicted molar refractivity (Wildman–Crippen MR) is 85.0 cm³/mol. The molecule has 21 heavy (non-hydrogen) atoms. The van der Waals surface area contributed by atoms with Crippen molar-refractivity contribution in [2.24, 2.45) is 4.99 Å². The van der Waals surface area contributed by atoms with Gasteiger partial charge in [0.1, 0.15) is 5.82 Å². The number of nitrogens with one attached hydrogen (secondary N) is 1. The van der Waals surface area contributed by atoms with Crippen molar-refractivity contribution >= 4 is 5.96 Å². The topological polar surface area (TPSA) is 36.9 Å². The molecule has 0 spiro atoms. The first-order chi connectivity index (χ1) is 10.2. The van der Waals surface area contributed by atoms with E-state index in [0.29, 0.717) is 6.54 Å². The van der Waals surface area contributed by atoms with Crippen LogP contribution in [0.5, 0.6) is 0 Å². The highest BCUT2D eigenvalue weighted by atomic mass is 19.1. The van der Waals surface area contributed by atoms with Gasteiger partial charge in [0.15, 0.2) is 5.96 Å². The SMILES string of the molecule is CCOCCCCNC(=NC)N(C)Cc1ccc(F)cc1. The van der Waals surface area contributed by atoms with E-state index in [1.54, 1.807) is 19.2 Å². The molecule has 0 aliphatic heterocycles. The van der Waals surface area contributed by atoms with Crippen LogP contribution in [0.25, 0.3) is 0 Å². The summed E-state index contributed by atoms with van der Waals surface area (Å²) in [6, 6.07) is 6.54. The fourth-order valence-corrected chi connectivity index (χ4v) is 2.00. The summed E-state index contributed by atoms with van der Waals surface area (Å²) in [4.78, 5) is 6.29. The molecule has 0 heterocycles. The number of rotatable bonds is 8. The van der Waals surface area contributed by atoms with Gasteiger partial charge in [0.25, 0.3) is 0 Å². The lowest BCUT2D eigenvalue weighted by Gasteiger charge is -2.22. The first-order valence-corrected chi connectivity index (χ1v) is 7.41. The van der Waals surface area contributed by atoms with Crippen LogP contribution >= 0.6 is 0 Å². The van der Waals surface area contributed by atoms with Gasteiger partial charge in [-0.2, -0.15) is 0 Å². The van der Waals surface area contributed by atoms with Gasteiger partial charge in [-0.05, 0) is 37.5 Å². The third-order valence-corrected chi connectivity index (χ3v) is 3.11. The van der Waals surface area contributed by atoms with E-state index in [0.717, 1.165) is 44.1 Å². The van der Waals surface area contributed by atoms with E-state index in [-0.39, 0.29) is 5.82 Å². The number of hydrogen-bond acceptors (Lipinski definition) is 2. The second-order valence-electron chi connectivity index (χ2n) is 4.86. The van der Waals surface area contributed by atoms with Gasteiger partial charge in [0, 0.05) is 40.4 Å². The third-order valence-electron chi connectivity index (χ3n) is 3.11. The number of hydrogen-bond donors (Lipinski definition) is 1. The molecule has 0 saturated heterocycles. The summed E-state index contributed by atoms with van der Waals surface area (Å²) in [7, 11) is 3.74. The van der Waals surface area contributed by atoms with Gasteiger partial charge in [-0.15, -0.1) is 0 Å². The molecule has 0 aliphatic carbocycles. The van der Waals surface area contributed by atoms with Crippen molar-refractivity contribution < 1.29 is 9.13 Å². The summed E-state index contributed by atoms with van der Waals surface area (Å²) in [5.74, 6) is 0.633. The van der Waals surface area contributed by atoms with Crippen molar-refractivity contribution in [2.75, 3.05) is 33.9 Å². The highest BCUT2D eigenvalue weighted by Gasteiger charge is 2.06. The molecule has 5 heteroatoms. The summed E-state index contributed by atoms with van der Waals surface area (Å²) in [5, 5.41) is 3.32. The van der Waals surface area contributed by atoms with Gasteiger partial charge in [0.05, 0.1) is 0 Å². The second-order valence-corrected chi connectivity index (χ2v) is 4.86. The lowest BCUT2D eigenvalue weighted by molar-refractivity contribution is 0.143. The largest absolute Gasteiger partial charge is 0.382 e. The molecule has 0 amide bonds. The second kappa shape index (κ2) is 10.2. The number of aliphatic imine (C=N–C) groups is 1. The number of unbranched alkanes of at least 4 members (excludes halogenated alkanes) is 1. The molecule has 0 atom stereocenters. The molecule has 1 N–H and O–H groups in total. The summed E-state index contributed by atoms with van der Waals surface area (Å²) in [6.45, 7) is 5.15. The Hall–Kier alpha value is -1.62. The molecule has 1 aromatic rings. The highest BCUT2D eigenvalue weighted by molar-refractivity contribution is 5.79. The third kappa shape index (κ3) is 7.09. The number of nitrogens with zero attached hydrogens (tertiary/aromatic N) is 2. The Bertz CT molecular complexity index is 420. The lowest BCUT2D eigenvalue weighted by Crippen LogP contribution is -2.38. The van der Waals surface area contributed by atoms with Crippen molar-refractivity contribution in [2.45, 2.75) is 26.3 Å². The minimum atomic E-state index is -0.210. The number of ether oxygens (including phenoxy) is 1. The van der Waals surface area contributed by atoms with Crippen LogP contribution in [0, 0.1) is 5.82 Å². The van der Waals surface area contributed by atoms with Gasteiger partial charge >= 0.3 is 0 Å². The first kappa shape index (κ1) is 17.4. The van der Waals surface area contributed by atoms with Gasteiger partial charge in [0.2, 0.25) is 0 Å². The summed E-state index contributed by atoms with van der Waals surface area (Å²) >= 11 is 0. The van der Waals surface area contributed by atoms with Gasteiger partial charge in [-0.1, -0.05) is 12.1 Å². The molecule has 1 aromatic carbocycles. The van der Waals surface area contributed by atoms with Crippen LogP contribution in [0.4, 0.5) is 4.39 Å². The molecule has 0 unspecified atom stereocenters. The molecular formula is C16H26FN3O. The Morgan fingerprint density at radius 3 is 2.62 bits per heavy atom. The highest BCUT2D eigenvalue weighted by Crippen LogP contribution is 2.05. The average Bonchev–Trinajstić information content (AvgIpc) is 2.49. The molecule has 0 radical (unpaired) electrons. The Balaban J connectivity index is 2.32. The van der Waals surface area contributed by atoms with Crippen LogP contribution in [0.1, 0.15) is 25.3 Å². The fraction of sp³-hybridized carbons (Fsp3) is 0.562. The van der Waals surface area contributed by atoms with Crippen LogP contribution in [-0.4, -0.2) is 44.7 Å². The maximum Gasteiger partial charge on any atom is 0.193 e. The van der Waals surface area contributed by atoms with Crippen molar-refractivity contribution in [3.8, 4) is 0 Å². The van der Waals surface area contributed by atoms with Crippen LogP contribution in [0.2, 0.25) is 0 Å². The van der Waals surface area contributed by atoms with Gasteiger partial charge in [-0.3, -0.25) is 4.99 Å². The Morgan fingerprint density at radius 1 is 1.29 bits per heavy atom. The fourth-order valence-electron chi connectivity index (χ4n) is 2.00. The lowest BCUT2D eigenvalue weighted by atomic mass is 10.2. The Morgan fingerprint density at radius 2 is 2.00 bits per heavy atom. The smallest absolute Gasteiger partial charge is 0.193 e. The normalized spacial score (nSPS) is 11.5. The molecule has 0 bridgehead atoms. The van der Waals surface area contributed by atoms with E-state index >= 15 is 0 Å². The summed E-state index contributed by atoms with van der Waals surface area (Å²) in [5.41, 5.74) is 1.05. The van der Waals surface area contributed by atoms with Gasteiger partial charge in [-0.25, -0.2) is 4.39 Å². The zero-order valence-corrected chi connectivity index (χ0v) is 13.2. The molecule has 4 nitrogen and oxygen atoms in total. The van der Waals surface area contributed by atoms with Crippen molar-refractivity contribution in [1.82, 2.24) is 10.2 Å². The molecule has 118 valence electrons. The van der Waals surface area contributed by atoms with Crippen LogP contribution in [-0.2, 0) is 11.3 Å². The van der Waals surface area contributed by atoms with Crippen LogP contribution in [0.15, 0.2) is 29.3 Å². The first-order valence-electron chi connectivity index (χ1n) is 7.41. The summed E-state index contributed by atoms with van der Waals surface area (Å²) in [6.07, 6.45) is 2.09. The van der Waals surface area contributed by atoms with Crippen molar-refractivity contribution in [3.05, 3.63) is 35.6 Å². The van der Waals surface area contributed by atoms with E-state index in [1.807, 2.05) is 18.9 Å². The predicted octanol–water partition coefficient (Wildman–Crippen LogP) is 2.65. The quantitative estimate of drug-likeness (QED) is 0.455. The minimum Gasteiger partial charge on any atom is -0.382 e. The van der Waals surface area contributed by atoms with E-state index in [2.05, 4.69) is 10.3 Å². The standard InChI is InChI=1S/C16H26FN3O/c1-4-21-12-6-5-11-19-16(18-2)20(3)13-14-7-9-15(17)10-8-14/h7-10H,4-6,11-13H2,1-3H3,(H,18,19). The van der Waals surface area contributed by atoms with E-state index in [1.165, 1.54) is 12.1 Å². The van der Waals surface area contributed by atoms with Crippen molar-refractivity contribution in [1.29, 1.82) is 0 Å². The molecule has 0 aliphatic rings. The van der Waals surface area contributed by atoms with E-state index < -0.39 is 0 Å². The van der Waals surface area contributed by atoms with E-state index in [9.17, 15) is 4.39 Å². The summed E-state index contributed by atoms with van der Waals surface area (Å²) < 4.78 is 18.2.